The summed E-state index contributed by atoms with van der Waals surface area (Å²) >= 11 is 0. The molecule has 0 aromatic heterocycles. The molecule has 0 spiro atoms. The topological polar surface area (TPSA) is 102 Å². The number of nitrogens with zero attached hydrogens (tertiary/aromatic N) is 1. The fraction of sp³-hybridized carbons (Fsp3) is 0.154. The van der Waals surface area contributed by atoms with Crippen molar-refractivity contribution in [3.05, 3.63) is 47.4 Å². The smallest absolute Gasteiger partial charge is 0.322 e. The molecule has 3 N–H and O–H groups in total. The fourth-order valence-corrected chi connectivity index (χ4v) is 1.27. The zero-order chi connectivity index (χ0) is 15.0. The van der Waals surface area contributed by atoms with Crippen molar-refractivity contribution in [3.8, 4) is 6.07 Å². The molecular weight excluding hydrogens is 265 g/mol. The first-order valence-electron chi connectivity index (χ1n) is 5.61. The van der Waals surface area contributed by atoms with Gasteiger partial charge in [-0.2, -0.15) is 5.26 Å². The number of carbonyl (C=O) groups excluding carboxylic acids is 1. The van der Waals surface area contributed by atoms with Gasteiger partial charge in [-0.3, -0.25) is 9.59 Å². The van der Waals surface area contributed by atoms with Gasteiger partial charge < -0.3 is 15.7 Å². The Labute approximate surface area is 114 Å². The van der Waals surface area contributed by atoms with E-state index >= 15 is 0 Å². The molecule has 0 heterocycles. The monoisotopic (exact) mass is 277 g/mol. The molecule has 7 heteroatoms. The van der Waals surface area contributed by atoms with Crippen LogP contribution in [0.15, 0.2) is 36.0 Å². The molecular formula is C13H12FN3O3. The van der Waals surface area contributed by atoms with Crippen LogP contribution in [0.3, 0.4) is 0 Å². The Kier molecular flexibility index (Phi) is 5.72. The molecule has 1 aromatic rings. The molecule has 0 aliphatic carbocycles. The molecule has 0 aliphatic heterocycles. The Morgan fingerprint density at radius 3 is 2.55 bits per heavy atom. The number of amides is 1. The summed E-state index contributed by atoms with van der Waals surface area (Å²) in [5.41, 5.74) is 0.527. The average molecular weight is 277 g/mol. The second-order valence-corrected chi connectivity index (χ2v) is 3.75. The molecule has 0 atom stereocenters. The second kappa shape index (κ2) is 7.53. The molecule has 0 aliphatic rings. The highest BCUT2D eigenvalue weighted by Gasteiger charge is 2.09. The summed E-state index contributed by atoms with van der Waals surface area (Å²) in [6.45, 7) is -0.256. The number of hydrogen-bond donors (Lipinski definition) is 3. The van der Waals surface area contributed by atoms with Gasteiger partial charge >= 0.3 is 5.97 Å². The van der Waals surface area contributed by atoms with Crippen LogP contribution in [0.2, 0.25) is 0 Å². The minimum absolute atomic E-state index is 0.242. The van der Waals surface area contributed by atoms with E-state index in [1.54, 1.807) is 18.2 Å². The zero-order valence-electron chi connectivity index (χ0n) is 10.4. The summed E-state index contributed by atoms with van der Waals surface area (Å²) in [4.78, 5) is 21.7. The third kappa shape index (κ3) is 5.18. The highest BCUT2D eigenvalue weighted by Crippen LogP contribution is 2.02. The largest absolute Gasteiger partial charge is 0.480 e. The van der Waals surface area contributed by atoms with Crippen LogP contribution in [0.25, 0.3) is 0 Å². The van der Waals surface area contributed by atoms with Gasteiger partial charge in [0.2, 0.25) is 0 Å². The van der Waals surface area contributed by atoms with E-state index in [1.807, 2.05) is 0 Å². The first-order valence-corrected chi connectivity index (χ1v) is 5.61. The lowest BCUT2D eigenvalue weighted by molar-refractivity contribution is -0.137. The lowest BCUT2D eigenvalue weighted by Gasteiger charge is -2.03. The van der Waals surface area contributed by atoms with Crippen molar-refractivity contribution < 1.29 is 19.1 Å². The van der Waals surface area contributed by atoms with E-state index in [9.17, 15) is 14.0 Å². The number of carbonyl (C=O) groups is 2. The highest BCUT2D eigenvalue weighted by molar-refractivity contribution is 5.98. The Hall–Kier alpha value is -2.88. The van der Waals surface area contributed by atoms with Crippen LogP contribution < -0.4 is 10.6 Å². The number of rotatable bonds is 6. The van der Waals surface area contributed by atoms with Crippen LogP contribution in [0, 0.1) is 17.1 Å². The van der Waals surface area contributed by atoms with Gasteiger partial charge in [0.15, 0.2) is 0 Å². The number of nitriles is 1. The molecule has 0 radical (unpaired) electrons. The van der Waals surface area contributed by atoms with Gasteiger partial charge in [0.25, 0.3) is 5.91 Å². The van der Waals surface area contributed by atoms with E-state index < -0.39 is 18.4 Å². The second-order valence-electron chi connectivity index (χ2n) is 3.75. The molecule has 20 heavy (non-hydrogen) atoms. The Bertz CT molecular complexity index is 561. The molecule has 1 aromatic carbocycles. The number of benzene rings is 1. The number of nitrogens with one attached hydrogen (secondary N) is 2. The number of carboxylic acids is 1. The van der Waals surface area contributed by atoms with E-state index in [4.69, 9.17) is 10.4 Å². The van der Waals surface area contributed by atoms with Crippen LogP contribution in [0.5, 0.6) is 0 Å². The molecule has 1 amide bonds. The molecule has 1 rings (SSSR count). The minimum Gasteiger partial charge on any atom is -0.480 e. The van der Waals surface area contributed by atoms with Gasteiger partial charge in [-0.1, -0.05) is 12.1 Å². The fourth-order valence-electron chi connectivity index (χ4n) is 1.27. The lowest BCUT2D eigenvalue weighted by atomic mass is 10.2. The minimum atomic E-state index is -1.20. The Balaban J connectivity index is 2.53. The molecule has 0 bridgehead atoms. The van der Waals surface area contributed by atoms with Crippen molar-refractivity contribution in [2.45, 2.75) is 6.54 Å². The maximum atomic E-state index is 12.7. The third-order valence-corrected chi connectivity index (χ3v) is 2.23. The average Bonchev–Trinajstić information content (AvgIpc) is 2.43. The molecule has 0 unspecified atom stereocenters. The summed E-state index contributed by atoms with van der Waals surface area (Å²) in [6, 6.07) is 7.37. The number of aliphatic carboxylic acids is 1. The third-order valence-electron chi connectivity index (χ3n) is 2.23. The summed E-state index contributed by atoms with van der Waals surface area (Å²) in [5.74, 6) is -2.33. The van der Waals surface area contributed by atoms with Crippen LogP contribution in [0.1, 0.15) is 5.56 Å². The quantitative estimate of drug-likeness (QED) is 0.520. The predicted octanol–water partition coefficient (Wildman–Crippen LogP) is 0.524. The number of hydrogen-bond acceptors (Lipinski definition) is 4. The van der Waals surface area contributed by atoms with Crippen LogP contribution >= 0.6 is 0 Å². The zero-order valence-corrected chi connectivity index (χ0v) is 10.4. The van der Waals surface area contributed by atoms with Crippen LogP contribution in [-0.2, 0) is 16.1 Å². The summed E-state index contributed by atoms with van der Waals surface area (Å²) in [6.07, 6.45) is 1.18. The van der Waals surface area contributed by atoms with Crippen LogP contribution in [0.4, 0.5) is 4.39 Å². The number of carboxylic acid groups (broad SMARTS) is 1. The van der Waals surface area contributed by atoms with Crippen LogP contribution in [-0.4, -0.2) is 23.5 Å². The van der Waals surface area contributed by atoms with Gasteiger partial charge in [-0.05, 0) is 17.7 Å². The number of halogens is 1. The molecule has 104 valence electrons. The predicted molar refractivity (Wildman–Crippen MR) is 67.6 cm³/mol. The van der Waals surface area contributed by atoms with Crippen molar-refractivity contribution >= 4 is 11.9 Å². The standard InChI is InChI=1S/C13H12FN3O3/c14-11-3-1-9(2-4-11)6-16-7-10(5-15)13(20)17-8-12(18)19/h1-4,7,16H,6,8H2,(H,17,20)(H,18,19)/b10-7-. The van der Waals surface area contributed by atoms with Crippen molar-refractivity contribution in [3.63, 3.8) is 0 Å². The first-order chi connectivity index (χ1) is 9.52. The maximum Gasteiger partial charge on any atom is 0.322 e. The summed E-state index contributed by atoms with van der Waals surface area (Å²) in [7, 11) is 0. The highest BCUT2D eigenvalue weighted by atomic mass is 19.1. The van der Waals surface area contributed by atoms with E-state index in [0.717, 1.165) is 5.56 Å². The molecule has 0 saturated heterocycles. The molecule has 0 fully saturated rings. The van der Waals surface area contributed by atoms with E-state index in [2.05, 4.69) is 10.6 Å². The van der Waals surface area contributed by atoms with E-state index in [1.165, 1.54) is 18.3 Å². The normalized spacial score (nSPS) is 10.5. The first kappa shape index (κ1) is 15.2. The van der Waals surface area contributed by atoms with Gasteiger partial charge in [0, 0.05) is 12.7 Å². The lowest BCUT2D eigenvalue weighted by Crippen LogP contribution is -2.30. The van der Waals surface area contributed by atoms with Crippen molar-refractivity contribution in [1.29, 1.82) is 5.26 Å². The van der Waals surface area contributed by atoms with Gasteiger partial charge in [0.05, 0.1) is 0 Å². The van der Waals surface area contributed by atoms with Crippen molar-refractivity contribution in [1.82, 2.24) is 10.6 Å². The molecule has 0 saturated carbocycles. The summed E-state index contributed by atoms with van der Waals surface area (Å²) in [5, 5.41) is 22.0. The van der Waals surface area contributed by atoms with Crippen molar-refractivity contribution in [2.24, 2.45) is 0 Å². The van der Waals surface area contributed by atoms with Gasteiger partial charge in [-0.25, -0.2) is 4.39 Å². The van der Waals surface area contributed by atoms with E-state index in [0.29, 0.717) is 6.54 Å². The Morgan fingerprint density at radius 1 is 1.35 bits per heavy atom. The van der Waals surface area contributed by atoms with E-state index in [-0.39, 0.29) is 11.4 Å². The Morgan fingerprint density at radius 2 is 2.00 bits per heavy atom. The van der Waals surface area contributed by atoms with Gasteiger partial charge in [-0.15, -0.1) is 0 Å². The summed E-state index contributed by atoms with van der Waals surface area (Å²) < 4.78 is 12.7. The maximum absolute atomic E-state index is 12.7. The van der Waals surface area contributed by atoms with Gasteiger partial charge in [0.1, 0.15) is 24.0 Å². The SMILES string of the molecule is N#C/C(=C/NCc1ccc(F)cc1)C(=O)NCC(=O)O. The molecule has 6 nitrogen and oxygen atoms in total. The van der Waals surface area contributed by atoms with Crippen molar-refractivity contribution in [2.75, 3.05) is 6.54 Å².